The fourth-order valence-corrected chi connectivity index (χ4v) is 1.35. The van der Waals surface area contributed by atoms with Crippen molar-refractivity contribution < 1.29 is 19.6 Å². The Balaban J connectivity index is 3.31. The van der Waals surface area contributed by atoms with Crippen LogP contribution in [-0.2, 0) is 0 Å². The molecule has 1 aromatic carbocycles. The van der Waals surface area contributed by atoms with Crippen molar-refractivity contribution in [1.29, 1.82) is 0 Å². The summed E-state index contributed by atoms with van der Waals surface area (Å²) in [6, 6.07) is 2.96. The van der Waals surface area contributed by atoms with Crippen LogP contribution in [0.2, 0.25) is 0 Å². The van der Waals surface area contributed by atoms with Crippen LogP contribution in [0.15, 0.2) is 12.1 Å². The Morgan fingerprint density at radius 3 is 2.50 bits per heavy atom. The van der Waals surface area contributed by atoms with Gasteiger partial charge in [0, 0.05) is 0 Å². The average molecular weight is 194 g/mol. The molecule has 0 aliphatic rings. The minimum atomic E-state index is -1.57. The van der Waals surface area contributed by atoms with E-state index in [9.17, 15) is 4.79 Å². The number of benzene rings is 1. The molecule has 5 heteroatoms. The molecule has 0 unspecified atom stereocenters. The maximum Gasteiger partial charge on any atom is 0.488 e. The highest BCUT2D eigenvalue weighted by atomic mass is 16.5. The van der Waals surface area contributed by atoms with Crippen LogP contribution in [0.4, 0.5) is 0 Å². The van der Waals surface area contributed by atoms with Crippen molar-refractivity contribution in [2.75, 3.05) is 7.11 Å². The lowest BCUT2D eigenvalue weighted by Gasteiger charge is -2.09. The molecule has 0 aromatic heterocycles. The van der Waals surface area contributed by atoms with Crippen LogP contribution < -0.4 is 10.2 Å². The molecule has 0 radical (unpaired) electrons. The summed E-state index contributed by atoms with van der Waals surface area (Å²) in [5.41, 5.74) is 1.29. The molecule has 0 amide bonds. The molecule has 2 N–H and O–H groups in total. The van der Waals surface area contributed by atoms with Crippen molar-refractivity contribution in [2.24, 2.45) is 0 Å². The number of carbonyl (C=O) groups excluding carboxylic acids is 1. The number of rotatable bonds is 3. The maximum absolute atomic E-state index is 10.7. The van der Waals surface area contributed by atoms with Gasteiger partial charge in [0.1, 0.15) is 5.75 Å². The van der Waals surface area contributed by atoms with Crippen LogP contribution in [0.25, 0.3) is 0 Å². The first-order valence-electron chi connectivity index (χ1n) is 4.10. The first kappa shape index (κ1) is 10.8. The van der Waals surface area contributed by atoms with E-state index < -0.39 is 7.12 Å². The van der Waals surface area contributed by atoms with Crippen LogP contribution in [0.5, 0.6) is 5.75 Å². The molecule has 0 aliphatic carbocycles. The first-order chi connectivity index (χ1) is 6.60. The smallest absolute Gasteiger partial charge is 0.488 e. The molecule has 0 aliphatic heterocycles. The molecule has 0 saturated carbocycles. The highest BCUT2D eigenvalue weighted by Gasteiger charge is 2.15. The molecule has 14 heavy (non-hydrogen) atoms. The Hall–Kier alpha value is -1.33. The summed E-state index contributed by atoms with van der Waals surface area (Å²) in [6.45, 7) is 1.73. The van der Waals surface area contributed by atoms with Gasteiger partial charge in [-0.15, -0.1) is 0 Å². The van der Waals surface area contributed by atoms with E-state index in [1.807, 2.05) is 0 Å². The average Bonchev–Trinajstić information content (AvgIpc) is 2.16. The summed E-state index contributed by atoms with van der Waals surface area (Å²) in [4.78, 5) is 10.7. The van der Waals surface area contributed by atoms with Gasteiger partial charge in [0.05, 0.1) is 12.7 Å². The van der Waals surface area contributed by atoms with Crippen LogP contribution in [0, 0.1) is 6.92 Å². The van der Waals surface area contributed by atoms with Gasteiger partial charge < -0.3 is 14.8 Å². The zero-order valence-electron chi connectivity index (χ0n) is 8.02. The van der Waals surface area contributed by atoms with Gasteiger partial charge in [0.25, 0.3) is 0 Å². The molecular formula is C9H11BO4. The molecule has 74 valence electrons. The Morgan fingerprint density at radius 1 is 1.43 bits per heavy atom. The Bertz CT molecular complexity index is 349. The van der Waals surface area contributed by atoms with Crippen molar-refractivity contribution in [3.8, 4) is 5.75 Å². The molecule has 1 rings (SSSR count). The number of aldehydes is 1. The Labute approximate surface area is 82.3 Å². The van der Waals surface area contributed by atoms with Crippen LogP contribution >= 0.6 is 0 Å². The van der Waals surface area contributed by atoms with Crippen molar-refractivity contribution in [2.45, 2.75) is 6.92 Å². The third kappa shape index (κ3) is 1.94. The zero-order chi connectivity index (χ0) is 10.7. The van der Waals surface area contributed by atoms with E-state index >= 15 is 0 Å². The highest BCUT2D eigenvalue weighted by molar-refractivity contribution is 6.58. The van der Waals surface area contributed by atoms with Crippen LogP contribution in [-0.4, -0.2) is 30.6 Å². The third-order valence-corrected chi connectivity index (χ3v) is 1.95. The predicted octanol–water partition coefficient (Wildman–Crippen LogP) is -0.504. The molecule has 0 atom stereocenters. The lowest BCUT2D eigenvalue weighted by Crippen LogP contribution is -2.30. The molecule has 0 saturated heterocycles. The van der Waals surface area contributed by atoms with Crippen LogP contribution in [0.1, 0.15) is 15.9 Å². The second kappa shape index (κ2) is 4.26. The normalized spacial score (nSPS) is 9.71. The second-order valence-corrected chi connectivity index (χ2v) is 2.95. The number of carbonyl (C=O) groups is 1. The quantitative estimate of drug-likeness (QED) is 0.502. The molecular weight excluding hydrogens is 183 g/mol. The standard InChI is InChI=1S/C9H11BO4/c1-6-3-8(10(12)13)4-7(5-11)9(6)14-2/h3-5,12-13H,1-2H3. The van der Waals surface area contributed by atoms with E-state index in [2.05, 4.69) is 0 Å². The van der Waals surface area contributed by atoms with E-state index in [-0.39, 0.29) is 5.46 Å². The number of hydrogen-bond acceptors (Lipinski definition) is 4. The van der Waals surface area contributed by atoms with E-state index in [4.69, 9.17) is 14.8 Å². The largest absolute Gasteiger partial charge is 0.496 e. The maximum atomic E-state index is 10.7. The van der Waals surface area contributed by atoms with Gasteiger partial charge in [0.15, 0.2) is 6.29 Å². The van der Waals surface area contributed by atoms with Gasteiger partial charge in [-0.2, -0.15) is 0 Å². The van der Waals surface area contributed by atoms with Crippen molar-refractivity contribution >= 4 is 18.9 Å². The van der Waals surface area contributed by atoms with Gasteiger partial charge in [0.2, 0.25) is 0 Å². The molecule has 4 nitrogen and oxygen atoms in total. The van der Waals surface area contributed by atoms with Crippen molar-refractivity contribution in [3.05, 3.63) is 23.3 Å². The fourth-order valence-electron chi connectivity index (χ4n) is 1.35. The SMILES string of the molecule is COc1c(C)cc(B(O)O)cc1C=O. The van der Waals surface area contributed by atoms with Crippen LogP contribution in [0.3, 0.4) is 0 Å². The number of ether oxygens (including phenoxy) is 1. The Kier molecular flexibility index (Phi) is 3.27. The monoisotopic (exact) mass is 194 g/mol. The molecule has 1 aromatic rings. The lowest BCUT2D eigenvalue weighted by atomic mass is 9.78. The second-order valence-electron chi connectivity index (χ2n) is 2.95. The fraction of sp³-hybridized carbons (Fsp3) is 0.222. The summed E-state index contributed by atoms with van der Waals surface area (Å²) in [5, 5.41) is 17.9. The number of aryl methyl sites for hydroxylation is 1. The minimum Gasteiger partial charge on any atom is -0.496 e. The summed E-state index contributed by atoms with van der Waals surface area (Å²) in [6.07, 6.45) is 0.623. The zero-order valence-corrected chi connectivity index (χ0v) is 8.02. The number of methoxy groups -OCH3 is 1. The van der Waals surface area contributed by atoms with Gasteiger partial charge in [-0.3, -0.25) is 4.79 Å². The molecule has 0 fully saturated rings. The van der Waals surface area contributed by atoms with Crippen molar-refractivity contribution in [1.82, 2.24) is 0 Å². The topological polar surface area (TPSA) is 66.8 Å². The summed E-state index contributed by atoms with van der Waals surface area (Å²) in [7, 11) is -0.108. The molecule has 0 spiro atoms. The van der Waals surface area contributed by atoms with E-state index in [1.165, 1.54) is 13.2 Å². The van der Waals surface area contributed by atoms with Gasteiger partial charge >= 0.3 is 7.12 Å². The summed E-state index contributed by atoms with van der Waals surface area (Å²) in [5.74, 6) is 0.462. The highest BCUT2D eigenvalue weighted by Crippen LogP contribution is 2.20. The van der Waals surface area contributed by atoms with Crippen molar-refractivity contribution in [3.63, 3.8) is 0 Å². The third-order valence-electron chi connectivity index (χ3n) is 1.95. The summed E-state index contributed by atoms with van der Waals surface area (Å²) < 4.78 is 5.01. The van der Waals surface area contributed by atoms with E-state index in [1.54, 1.807) is 13.0 Å². The number of hydrogen-bond donors (Lipinski definition) is 2. The lowest BCUT2D eigenvalue weighted by molar-refractivity contribution is 0.112. The first-order valence-corrected chi connectivity index (χ1v) is 4.10. The Morgan fingerprint density at radius 2 is 2.07 bits per heavy atom. The molecule has 0 heterocycles. The van der Waals surface area contributed by atoms with Gasteiger partial charge in [-0.05, 0) is 24.0 Å². The van der Waals surface area contributed by atoms with Gasteiger partial charge in [-0.1, -0.05) is 6.07 Å². The molecule has 0 bridgehead atoms. The summed E-state index contributed by atoms with van der Waals surface area (Å²) >= 11 is 0. The van der Waals surface area contributed by atoms with E-state index in [0.29, 0.717) is 23.2 Å². The minimum absolute atomic E-state index is 0.283. The predicted molar refractivity (Wildman–Crippen MR) is 52.9 cm³/mol. The van der Waals surface area contributed by atoms with Gasteiger partial charge in [-0.25, -0.2) is 0 Å². The van der Waals surface area contributed by atoms with E-state index in [0.717, 1.165) is 0 Å².